The van der Waals surface area contributed by atoms with Crippen LogP contribution in [0.1, 0.15) is 22.5 Å². The fourth-order valence-electron chi connectivity index (χ4n) is 2.00. The van der Waals surface area contributed by atoms with Crippen LogP contribution < -0.4 is 16.0 Å². The molecule has 0 unspecified atom stereocenters. The third kappa shape index (κ3) is 6.34. The van der Waals surface area contributed by atoms with E-state index in [9.17, 15) is 0 Å². The lowest BCUT2D eigenvalue weighted by Crippen LogP contribution is -2.39. The van der Waals surface area contributed by atoms with Gasteiger partial charge in [-0.2, -0.15) is 0 Å². The zero-order chi connectivity index (χ0) is 18.2. The van der Waals surface area contributed by atoms with E-state index in [2.05, 4.69) is 37.8 Å². The second-order valence-electron chi connectivity index (χ2n) is 5.28. The topological polar surface area (TPSA) is 74.2 Å². The number of guanidine groups is 1. The second kappa shape index (κ2) is 9.79. The third-order valence-corrected chi connectivity index (χ3v) is 4.86. The fourth-order valence-corrected chi connectivity index (χ4v) is 3.31. The van der Waals surface area contributed by atoms with Gasteiger partial charge in [-0.3, -0.25) is 0 Å². The molecular weight excluding hydrogens is 379 g/mol. The lowest BCUT2D eigenvalue weighted by molar-refractivity contribution is 0.817. The fraction of sp³-hybridized carbons (Fsp3) is 0.438. The van der Waals surface area contributed by atoms with Crippen molar-refractivity contribution in [2.45, 2.75) is 27.3 Å². The van der Waals surface area contributed by atoms with Crippen molar-refractivity contribution in [1.82, 2.24) is 20.6 Å². The number of aryl methyl sites for hydroxylation is 2. The Morgan fingerprint density at radius 3 is 2.68 bits per heavy atom. The van der Waals surface area contributed by atoms with Gasteiger partial charge < -0.3 is 16.0 Å². The number of hydrogen-bond donors (Lipinski definition) is 3. The average molecular weight is 401 g/mol. The molecule has 0 bridgehead atoms. The Hall–Kier alpha value is -1.57. The van der Waals surface area contributed by atoms with E-state index in [4.69, 9.17) is 23.2 Å². The highest BCUT2D eigenvalue weighted by molar-refractivity contribution is 7.11. The van der Waals surface area contributed by atoms with Crippen molar-refractivity contribution >= 4 is 46.3 Å². The van der Waals surface area contributed by atoms with Crippen LogP contribution >= 0.6 is 34.5 Å². The van der Waals surface area contributed by atoms with Gasteiger partial charge in [0.1, 0.15) is 10.8 Å². The molecular formula is C16H22Cl2N6S. The first-order valence-corrected chi connectivity index (χ1v) is 9.56. The average Bonchev–Trinajstić information content (AvgIpc) is 2.89. The largest absolute Gasteiger partial charge is 0.367 e. The zero-order valence-electron chi connectivity index (χ0n) is 14.5. The lowest BCUT2D eigenvalue weighted by atomic mass is 10.4. The van der Waals surface area contributed by atoms with E-state index in [1.54, 1.807) is 23.6 Å². The van der Waals surface area contributed by atoms with Gasteiger partial charge in [0.25, 0.3) is 0 Å². The van der Waals surface area contributed by atoms with Gasteiger partial charge in [0, 0.05) is 30.7 Å². The van der Waals surface area contributed by atoms with E-state index in [1.807, 2.05) is 13.8 Å². The molecule has 0 aliphatic rings. The molecule has 0 saturated heterocycles. The predicted octanol–water partition coefficient (Wildman–Crippen LogP) is 3.63. The SMILES string of the molecule is CCNC(=NCc1nc(C)c(C)s1)NCCNc1ncc(Cl)cc1Cl. The summed E-state index contributed by atoms with van der Waals surface area (Å²) < 4.78 is 0. The monoisotopic (exact) mass is 400 g/mol. The van der Waals surface area contributed by atoms with E-state index >= 15 is 0 Å². The molecule has 0 spiro atoms. The molecule has 0 saturated carbocycles. The van der Waals surface area contributed by atoms with Gasteiger partial charge in [-0.25, -0.2) is 15.0 Å². The number of aromatic nitrogens is 2. The minimum absolute atomic E-state index is 0.502. The van der Waals surface area contributed by atoms with Crippen LogP contribution in [-0.4, -0.2) is 35.6 Å². The summed E-state index contributed by atoms with van der Waals surface area (Å²) in [6.07, 6.45) is 1.56. The maximum Gasteiger partial charge on any atom is 0.191 e. The van der Waals surface area contributed by atoms with Crippen molar-refractivity contribution in [3.63, 3.8) is 0 Å². The summed E-state index contributed by atoms with van der Waals surface area (Å²) in [4.78, 5) is 14.5. The van der Waals surface area contributed by atoms with Crippen molar-refractivity contribution in [3.8, 4) is 0 Å². The number of pyridine rings is 1. The van der Waals surface area contributed by atoms with E-state index in [0.717, 1.165) is 23.2 Å². The number of hydrogen-bond acceptors (Lipinski definition) is 5. The van der Waals surface area contributed by atoms with Crippen LogP contribution in [0.5, 0.6) is 0 Å². The molecule has 0 aliphatic carbocycles. The molecule has 6 nitrogen and oxygen atoms in total. The summed E-state index contributed by atoms with van der Waals surface area (Å²) in [6, 6.07) is 1.66. The number of rotatable bonds is 7. The summed E-state index contributed by atoms with van der Waals surface area (Å²) in [5, 5.41) is 11.7. The van der Waals surface area contributed by atoms with Gasteiger partial charge >= 0.3 is 0 Å². The number of nitrogens with one attached hydrogen (secondary N) is 3. The van der Waals surface area contributed by atoms with Crippen molar-refractivity contribution in [2.24, 2.45) is 4.99 Å². The lowest BCUT2D eigenvalue weighted by Gasteiger charge is -2.12. The smallest absolute Gasteiger partial charge is 0.191 e. The molecule has 0 aromatic carbocycles. The van der Waals surface area contributed by atoms with Gasteiger partial charge in [-0.05, 0) is 26.8 Å². The van der Waals surface area contributed by atoms with Crippen LogP contribution in [0, 0.1) is 13.8 Å². The molecule has 0 fully saturated rings. The minimum atomic E-state index is 0.502. The van der Waals surface area contributed by atoms with Crippen LogP contribution in [-0.2, 0) is 6.54 Å². The number of anilines is 1. The van der Waals surface area contributed by atoms with Gasteiger partial charge in [0.15, 0.2) is 5.96 Å². The van der Waals surface area contributed by atoms with Crippen LogP contribution in [0.15, 0.2) is 17.3 Å². The maximum atomic E-state index is 6.08. The van der Waals surface area contributed by atoms with Crippen LogP contribution in [0.4, 0.5) is 5.82 Å². The Morgan fingerprint density at radius 2 is 2.04 bits per heavy atom. The first-order valence-electron chi connectivity index (χ1n) is 7.99. The molecule has 0 amide bonds. The summed E-state index contributed by atoms with van der Waals surface area (Å²) in [5.74, 6) is 1.37. The molecule has 2 aromatic rings. The Morgan fingerprint density at radius 1 is 1.24 bits per heavy atom. The Labute approximate surface area is 162 Å². The van der Waals surface area contributed by atoms with Gasteiger partial charge in [0.2, 0.25) is 0 Å². The summed E-state index contributed by atoms with van der Waals surface area (Å²) in [5.41, 5.74) is 1.07. The summed E-state index contributed by atoms with van der Waals surface area (Å²) in [6.45, 7) is 8.79. The third-order valence-electron chi connectivity index (χ3n) is 3.31. The first kappa shape index (κ1) is 19.8. The highest BCUT2D eigenvalue weighted by Gasteiger charge is 2.05. The summed E-state index contributed by atoms with van der Waals surface area (Å²) >= 11 is 13.6. The molecule has 9 heteroatoms. The number of halogens is 2. The highest BCUT2D eigenvalue weighted by Crippen LogP contribution is 2.22. The molecule has 3 N–H and O–H groups in total. The number of thiazole rings is 1. The van der Waals surface area contributed by atoms with Gasteiger partial charge in [0.05, 0.1) is 22.3 Å². The quantitative estimate of drug-likeness (QED) is 0.375. The van der Waals surface area contributed by atoms with E-state index < -0.39 is 0 Å². The normalized spacial score (nSPS) is 11.5. The Kier molecular flexibility index (Phi) is 7.74. The highest BCUT2D eigenvalue weighted by atomic mass is 35.5. The van der Waals surface area contributed by atoms with Crippen molar-refractivity contribution in [3.05, 3.63) is 37.9 Å². The zero-order valence-corrected chi connectivity index (χ0v) is 16.8. The summed E-state index contributed by atoms with van der Waals surface area (Å²) in [7, 11) is 0. The predicted molar refractivity (Wildman–Crippen MR) is 107 cm³/mol. The molecule has 25 heavy (non-hydrogen) atoms. The van der Waals surface area contributed by atoms with Crippen LogP contribution in [0.2, 0.25) is 10.0 Å². The van der Waals surface area contributed by atoms with Crippen molar-refractivity contribution < 1.29 is 0 Å². The van der Waals surface area contributed by atoms with E-state index in [0.29, 0.717) is 35.5 Å². The van der Waals surface area contributed by atoms with Gasteiger partial charge in [-0.1, -0.05) is 23.2 Å². The van der Waals surface area contributed by atoms with Crippen LogP contribution in [0.25, 0.3) is 0 Å². The number of aliphatic imine (C=N–C) groups is 1. The van der Waals surface area contributed by atoms with Crippen LogP contribution in [0.3, 0.4) is 0 Å². The molecule has 0 aliphatic heterocycles. The first-order chi connectivity index (χ1) is 12.0. The molecule has 2 rings (SSSR count). The molecule has 0 atom stereocenters. The van der Waals surface area contributed by atoms with Crippen molar-refractivity contribution in [1.29, 1.82) is 0 Å². The Balaban J connectivity index is 1.83. The van der Waals surface area contributed by atoms with E-state index in [-0.39, 0.29) is 0 Å². The molecule has 0 radical (unpaired) electrons. The molecule has 2 heterocycles. The van der Waals surface area contributed by atoms with Gasteiger partial charge in [-0.15, -0.1) is 11.3 Å². The van der Waals surface area contributed by atoms with E-state index in [1.165, 1.54) is 4.88 Å². The minimum Gasteiger partial charge on any atom is -0.367 e. The molecule has 2 aromatic heterocycles. The maximum absolute atomic E-state index is 6.08. The Bertz CT molecular complexity index is 712. The standard InChI is InChI=1S/C16H22Cl2N6S/c1-4-19-16(23-9-14-24-10(2)11(3)25-14)21-6-5-20-15-13(18)7-12(17)8-22-15/h7-8H,4-6,9H2,1-3H3,(H,20,22)(H2,19,21,23). The second-order valence-corrected chi connectivity index (χ2v) is 7.41. The molecule has 136 valence electrons. The number of nitrogens with zero attached hydrogens (tertiary/aromatic N) is 3. The van der Waals surface area contributed by atoms with Crippen molar-refractivity contribution in [2.75, 3.05) is 25.0 Å².